The fourth-order valence-electron chi connectivity index (χ4n) is 2.81. The Morgan fingerprint density at radius 1 is 1.35 bits per heavy atom. The number of rotatable bonds is 3. The fourth-order valence-corrected chi connectivity index (χ4v) is 2.81. The first kappa shape index (κ1) is 15.2. The highest BCUT2D eigenvalue weighted by Crippen LogP contribution is 2.36. The van der Waals surface area contributed by atoms with E-state index in [2.05, 4.69) is 11.7 Å². The molecule has 0 atom stereocenters. The second-order valence-corrected chi connectivity index (χ2v) is 5.43. The summed E-state index contributed by atoms with van der Waals surface area (Å²) in [5, 5.41) is 4.33. The van der Waals surface area contributed by atoms with Gasteiger partial charge in [-0.05, 0) is 11.6 Å². The van der Waals surface area contributed by atoms with Gasteiger partial charge in [-0.3, -0.25) is 9.48 Å². The Morgan fingerprint density at radius 2 is 2.09 bits per heavy atom. The van der Waals surface area contributed by atoms with Crippen LogP contribution in [0, 0.1) is 0 Å². The summed E-state index contributed by atoms with van der Waals surface area (Å²) in [5.74, 6) is 0.452. The molecule has 6 heteroatoms. The molecular formula is C17H16BN3O2. The van der Waals surface area contributed by atoms with Gasteiger partial charge in [0.25, 0.3) is 0 Å². The average Bonchev–Trinajstić information content (AvgIpc) is 2.92. The van der Waals surface area contributed by atoms with E-state index in [4.69, 9.17) is 12.6 Å². The van der Waals surface area contributed by atoms with Gasteiger partial charge < -0.3 is 9.64 Å². The number of hydrogen-bond acceptors (Lipinski definition) is 4. The minimum absolute atomic E-state index is 0.358. The molecule has 0 spiro atoms. The Labute approximate surface area is 136 Å². The van der Waals surface area contributed by atoms with Crippen molar-refractivity contribution in [1.29, 1.82) is 0 Å². The number of aldehydes is 1. The van der Waals surface area contributed by atoms with E-state index < -0.39 is 0 Å². The smallest absolute Gasteiger partial charge is 0.153 e. The molecule has 3 rings (SSSR count). The number of nitrogens with zero attached hydrogens (tertiary/aromatic N) is 3. The lowest BCUT2D eigenvalue weighted by molar-refractivity contribution is 0.112. The molecule has 0 saturated carbocycles. The van der Waals surface area contributed by atoms with Gasteiger partial charge in [0.15, 0.2) is 6.29 Å². The molecule has 2 radical (unpaired) electrons. The van der Waals surface area contributed by atoms with Crippen molar-refractivity contribution in [1.82, 2.24) is 14.7 Å². The molecule has 0 N–H and O–H groups in total. The first-order valence-corrected chi connectivity index (χ1v) is 7.07. The maximum absolute atomic E-state index is 11.2. The Morgan fingerprint density at radius 3 is 2.74 bits per heavy atom. The minimum atomic E-state index is 0.358. The second kappa shape index (κ2) is 5.46. The summed E-state index contributed by atoms with van der Waals surface area (Å²) in [6, 6.07) is 3.58. The highest BCUT2D eigenvalue weighted by molar-refractivity contribution is 6.36. The van der Waals surface area contributed by atoms with E-state index in [0.717, 1.165) is 28.1 Å². The van der Waals surface area contributed by atoms with Crippen molar-refractivity contribution >= 4 is 30.9 Å². The number of fused-ring (bicyclic) bond motifs is 1. The van der Waals surface area contributed by atoms with Crippen LogP contribution in [0.4, 0.5) is 0 Å². The van der Waals surface area contributed by atoms with E-state index in [9.17, 15) is 4.79 Å². The van der Waals surface area contributed by atoms with Gasteiger partial charge in [-0.2, -0.15) is 5.10 Å². The maximum atomic E-state index is 11.2. The topological polar surface area (TPSA) is 47.4 Å². The molecule has 0 fully saturated rings. The fraction of sp³-hybridized carbons (Fsp3) is 0.176. The molecule has 1 aromatic carbocycles. The van der Waals surface area contributed by atoms with Gasteiger partial charge in [-0.25, -0.2) is 0 Å². The largest absolute Gasteiger partial charge is 0.496 e. The molecule has 1 aliphatic rings. The molecule has 0 saturated heterocycles. The molecule has 5 nitrogen and oxygen atoms in total. The van der Waals surface area contributed by atoms with E-state index in [1.54, 1.807) is 16.9 Å². The zero-order chi connectivity index (χ0) is 16.7. The van der Waals surface area contributed by atoms with Crippen molar-refractivity contribution in [2.24, 2.45) is 7.05 Å². The first-order valence-electron chi connectivity index (χ1n) is 7.07. The molecule has 114 valence electrons. The number of carbonyl (C=O) groups excluding carboxylic acids is 1. The Bertz CT molecular complexity index is 852. The lowest BCUT2D eigenvalue weighted by Crippen LogP contribution is -2.19. The molecule has 2 aromatic rings. The van der Waals surface area contributed by atoms with Crippen LogP contribution in [0.5, 0.6) is 5.75 Å². The van der Waals surface area contributed by atoms with Gasteiger partial charge in [-0.1, -0.05) is 18.1 Å². The number of methoxy groups -OCH3 is 1. The summed E-state index contributed by atoms with van der Waals surface area (Å²) >= 11 is 0. The SMILES string of the molecule is [B]c1cc(C2=CN(C)C(=C)c3c2cnn3C)cc(OC)c1C=O. The van der Waals surface area contributed by atoms with Crippen LogP contribution in [0.1, 0.15) is 27.2 Å². The summed E-state index contributed by atoms with van der Waals surface area (Å²) in [6.07, 6.45) is 4.48. The van der Waals surface area contributed by atoms with E-state index in [1.807, 2.05) is 31.3 Å². The van der Waals surface area contributed by atoms with Crippen LogP contribution < -0.4 is 10.2 Å². The first-order chi connectivity index (χ1) is 11.0. The van der Waals surface area contributed by atoms with Crippen molar-refractivity contribution in [3.8, 4) is 5.75 Å². The third-order valence-corrected chi connectivity index (χ3v) is 4.07. The zero-order valence-electron chi connectivity index (χ0n) is 13.3. The van der Waals surface area contributed by atoms with E-state index in [0.29, 0.717) is 23.1 Å². The summed E-state index contributed by atoms with van der Waals surface area (Å²) < 4.78 is 7.09. The molecule has 1 aliphatic heterocycles. The Hall–Kier alpha value is -2.76. The Kier molecular flexibility index (Phi) is 3.60. The highest BCUT2D eigenvalue weighted by atomic mass is 16.5. The highest BCUT2D eigenvalue weighted by Gasteiger charge is 2.24. The predicted molar refractivity (Wildman–Crippen MR) is 90.9 cm³/mol. The van der Waals surface area contributed by atoms with Crippen molar-refractivity contribution < 1.29 is 9.53 Å². The Balaban J connectivity index is 2.22. The van der Waals surface area contributed by atoms with Gasteiger partial charge >= 0.3 is 0 Å². The van der Waals surface area contributed by atoms with Crippen LogP contribution in [-0.2, 0) is 7.05 Å². The molecule has 0 aliphatic carbocycles. The third kappa shape index (κ3) is 2.27. The van der Waals surface area contributed by atoms with E-state index in [1.165, 1.54) is 7.11 Å². The van der Waals surface area contributed by atoms with Crippen LogP contribution in [0.25, 0.3) is 11.3 Å². The monoisotopic (exact) mass is 305 g/mol. The van der Waals surface area contributed by atoms with Crippen LogP contribution in [0.3, 0.4) is 0 Å². The predicted octanol–water partition coefficient (Wildman–Crippen LogP) is 1.34. The molecule has 1 aromatic heterocycles. The number of ether oxygens (including phenoxy) is 1. The number of hydrogen-bond donors (Lipinski definition) is 0. The third-order valence-electron chi connectivity index (χ3n) is 4.07. The summed E-state index contributed by atoms with van der Waals surface area (Å²) in [6.45, 7) is 4.10. The van der Waals surface area contributed by atoms with Crippen molar-refractivity contribution in [2.75, 3.05) is 14.2 Å². The molecule has 0 unspecified atom stereocenters. The normalized spacial score (nSPS) is 13.6. The van der Waals surface area contributed by atoms with Gasteiger partial charge in [-0.15, -0.1) is 0 Å². The lowest BCUT2D eigenvalue weighted by Gasteiger charge is -2.26. The van der Waals surface area contributed by atoms with E-state index >= 15 is 0 Å². The van der Waals surface area contributed by atoms with Crippen molar-refractivity contribution in [2.45, 2.75) is 0 Å². The number of aromatic nitrogens is 2. The second-order valence-electron chi connectivity index (χ2n) is 5.43. The minimum Gasteiger partial charge on any atom is -0.496 e. The maximum Gasteiger partial charge on any atom is 0.153 e. The van der Waals surface area contributed by atoms with Crippen LogP contribution in [0.15, 0.2) is 31.1 Å². The molecule has 2 heterocycles. The number of carbonyl (C=O) groups is 1. The van der Waals surface area contributed by atoms with Crippen LogP contribution in [-0.4, -0.2) is 43.0 Å². The summed E-state index contributed by atoms with van der Waals surface area (Å²) in [7, 11) is 11.3. The average molecular weight is 305 g/mol. The quantitative estimate of drug-likeness (QED) is 0.634. The zero-order valence-corrected chi connectivity index (χ0v) is 13.3. The van der Waals surface area contributed by atoms with Gasteiger partial charge in [0.1, 0.15) is 13.6 Å². The number of benzene rings is 1. The van der Waals surface area contributed by atoms with Crippen molar-refractivity contribution in [3.63, 3.8) is 0 Å². The standard InChI is InChI=1S/C17H16BN3O2/c1-10-17-12(7-19-21(17)3)13(8-20(10)2)11-5-15(18)14(9-22)16(6-11)23-4/h5-9H,1H2,2-4H3. The molecule has 0 bridgehead atoms. The van der Waals surface area contributed by atoms with Crippen LogP contribution >= 0.6 is 0 Å². The van der Waals surface area contributed by atoms with E-state index in [-0.39, 0.29) is 0 Å². The summed E-state index contributed by atoms with van der Waals surface area (Å²) in [5.41, 5.74) is 5.33. The van der Waals surface area contributed by atoms with Gasteiger partial charge in [0, 0.05) is 37.0 Å². The van der Waals surface area contributed by atoms with Gasteiger partial charge in [0.2, 0.25) is 0 Å². The van der Waals surface area contributed by atoms with Gasteiger partial charge in [0.05, 0.1) is 24.7 Å². The molecule has 23 heavy (non-hydrogen) atoms. The lowest BCUT2D eigenvalue weighted by atomic mass is 9.85. The molecule has 0 amide bonds. The van der Waals surface area contributed by atoms with Crippen LogP contribution in [0.2, 0.25) is 0 Å². The molecular weight excluding hydrogens is 289 g/mol. The number of aryl methyl sites for hydroxylation is 1. The summed E-state index contributed by atoms with van der Waals surface area (Å²) in [4.78, 5) is 13.1. The van der Waals surface area contributed by atoms with Crippen molar-refractivity contribution in [3.05, 3.63) is 53.5 Å².